The van der Waals surface area contributed by atoms with Gasteiger partial charge in [-0.25, -0.2) is 8.42 Å². The number of aryl methyl sites for hydroxylation is 2. The lowest BCUT2D eigenvalue weighted by Gasteiger charge is -2.31. The lowest BCUT2D eigenvalue weighted by Crippen LogP contribution is -2.39. The van der Waals surface area contributed by atoms with Crippen LogP contribution in [0.2, 0.25) is 5.02 Å². The Bertz CT molecular complexity index is 1110. The minimum atomic E-state index is -3.63. The number of aromatic nitrogens is 2. The molecule has 1 atom stereocenters. The molecule has 0 radical (unpaired) electrons. The summed E-state index contributed by atoms with van der Waals surface area (Å²) in [5.41, 5.74) is 3.60. The van der Waals surface area contributed by atoms with Crippen LogP contribution in [0, 0.1) is 13.8 Å². The first-order chi connectivity index (χ1) is 14.3. The number of benzene rings is 1. The maximum absolute atomic E-state index is 13.1. The van der Waals surface area contributed by atoms with Crippen LogP contribution in [0.3, 0.4) is 0 Å². The fourth-order valence-corrected chi connectivity index (χ4v) is 5.94. The highest BCUT2D eigenvalue weighted by Crippen LogP contribution is 2.31. The molecule has 1 saturated heterocycles. The van der Waals surface area contributed by atoms with E-state index in [1.807, 2.05) is 36.5 Å². The maximum Gasteiger partial charge on any atom is 0.248 e. The highest BCUT2D eigenvalue weighted by molar-refractivity contribution is 7.89. The van der Waals surface area contributed by atoms with Crippen LogP contribution in [0.5, 0.6) is 0 Å². The molecule has 1 aliphatic heterocycles. The lowest BCUT2D eigenvalue weighted by molar-refractivity contribution is 0.312. The first-order valence-corrected chi connectivity index (χ1v) is 11.8. The standard InChI is InChI=1S/C22H24ClN3O3S/c1-15-22(16(2)29-25-15)30(27,28)26-11-3-4-19(14-26)21-10-7-18(13-24-21)12-17-5-8-20(23)9-6-17/h5-10,13,19H,3-4,11-12,14H2,1-2H3/t19-/m0/s1. The molecule has 6 nitrogen and oxygen atoms in total. The molecule has 158 valence electrons. The Morgan fingerprint density at radius 1 is 1.13 bits per heavy atom. The third-order valence-electron chi connectivity index (χ3n) is 5.54. The van der Waals surface area contributed by atoms with Crippen molar-refractivity contribution in [3.63, 3.8) is 0 Å². The Hall–Kier alpha value is -2.22. The van der Waals surface area contributed by atoms with Crippen molar-refractivity contribution in [1.82, 2.24) is 14.4 Å². The van der Waals surface area contributed by atoms with E-state index in [1.54, 1.807) is 13.8 Å². The molecule has 0 N–H and O–H groups in total. The number of hydrogen-bond donors (Lipinski definition) is 0. The molecular weight excluding hydrogens is 422 g/mol. The lowest BCUT2D eigenvalue weighted by atomic mass is 9.95. The smallest absolute Gasteiger partial charge is 0.248 e. The van der Waals surface area contributed by atoms with Crippen molar-refractivity contribution < 1.29 is 12.9 Å². The SMILES string of the molecule is Cc1noc(C)c1S(=O)(=O)N1CCC[C@H](c2ccc(Cc3ccc(Cl)cc3)cn2)C1. The molecule has 30 heavy (non-hydrogen) atoms. The van der Waals surface area contributed by atoms with Gasteiger partial charge in [0.2, 0.25) is 10.0 Å². The van der Waals surface area contributed by atoms with Crippen LogP contribution in [0.4, 0.5) is 0 Å². The van der Waals surface area contributed by atoms with Crippen LogP contribution in [-0.4, -0.2) is 36.0 Å². The van der Waals surface area contributed by atoms with Gasteiger partial charge < -0.3 is 4.52 Å². The molecule has 0 saturated carbocycles. The number of rotatable bonds is 5. The summed E-state index contributed by atoms with van der Waals surface area (Å²) in [6.45, 7) is 4.20. The van der Waals surface area contributed by atoms with Crippen LogP contribution >= 0.6 is 11.6 Å². The van der Waals surface area contributed by atoms with Crippen LogP contribution < -0.4 is 0 Å². The molecule has 1 fully saturated rings. The molecule has 0 aliphatic carbocycles. The summed E-state index contributed by atoms with van der Waals surface area (Å²) in [6.07, 6.45) is 4.37. The van der Waals surface area contributed by atoms with E-state index in [0.717, 1.165) is 35.5 Å². The number of piperidine rings is 1. The number of hydrogen-bond acceptors (Lipinski definition) is 5. The third kappa shape index (κ3) is 4.29. The van der Waals surface area contributed by atoms with Crippen LogP contribution in [-0.2, 0) is 16.4 Å². The van der Waals surface area contributed by atoms with E-state index >= 15 is 0 Å². The molecular formula is C22H24ClN3O3S. The van der Waals surface area contributed by atoms with E-state index in [9.17, 15) is 8.42 Å². The molecule has 1 aromatic carbocycles. The molecule has 0 bridgehead atoms. The summed E-state index contributed by atoms with van der Waals surface area (Å²) in [5, 5.41) is 4.53. The molecule has 8 heteroatoms. The molecule has 3 aromatic rings. The van der Waals surface area contributed by atoms with E-state index in [2.05, 4.69) is 16.2 Å². The largest absolute Gasteiger partial charge is 0.360 e. The minimum Gasteiger partial charge on any atom is -0.360 e. The van der Waals surface area contributed by atoms with Gasteiger partial charge in [-0.05, 0) is 62.4 Å². The predicted molar refractivity (Wildman–Crippen MR) is 115 cm³/mol. The second kappa shape index (κ2) is 8.49. The average Bonchev–Trinajstić information content (AvgIpc) is 3.09. The molecule has 0 amide bonds. The molecule has 1 aliphatic rings. The van der Waals surface area contributed by atoms with Gasteiger partial charge in [0.15, 0.2) is 5.76 Å². The summed E-state index contributed by atoms with van der Waals surface area (Å²) in [7, 11) is -3.63. The van der Waals surface area contributed by atoms with Crippen LogP contribution in [0.25, 0.3) is 0 Å². The molecule has 0 spiro atoms. The van der Waals surface area contributed by atoms with E-state index < -0.39 is 10.0 Å². The number of nitrogens with zero attached hydrogens (tertiary/aromatic N) is 3. The van der Waals surface area contributed by atoms with Crippen molar-refractivity contribution in [3.8, 4) is 0 Å². The Balaban J connectivity index is 1.49. The number of sulfonamides is 1. The van der Waals surface area contributed by atoms with Gasteiger partial charge in [0.25, 0.3) is 0 Å². The van der Waals surface area contributed by atoms with Gasteiger partial charge in [-0.1, -0.05) is 35.0 Å². The minimum absolute atomic E-state index is 0.0681. The Labute approximate surface area is 181 Å². The topological polar surface area (TPSA) is 76.3 Å². The van der Waals surface area contributed by atoms with E-state index in [4.69, 9.17) is 16.1 Å². The van der Waals surface area contributed by atoms with Gasteiger partial charge in [-0.2, -0.15) is 4.31 Å². The Morgan fingerprint density at radius 2 is 1.87 bits per heavy atom. The van der Waals surface area contributed by atoms with Crippen molar-refractivity contribution in [1.29, 1.82) is 0 Å². The van der Waals surface area contributed by atoms with E-state index in [0.29, 0.717) is 24.5 Å². The first kappa shape index (κ1) is 21.0. The van der Waals surface area contributed by atoms with Crippen molar-refractivity contribution >= 4 is 21.6 Å². The van der Waals surface area contributed by atoms with Crippen molar-refractivity contribution in [2.24, 2.45) is 0 Å². The van der Waals surface area contributed by atoms with Gasteiger partial charge in [0, 0.05) is 35.9 Å². The summed E-state index contributed by atoms with van der Waals surface area (Å²) in [5.74, 6) is 0.401. The summed E-state index contributed by atoms with van der Waals surface area (Å²) in [4.78, 5) is 4.84. The predicted octanol–water partition coefficient (Wildman–Crippen LogP) is 4.50. The first-order valence-electron chi connectivity index (χ1n) is 9.97. The van der Waals surface area contributed by atoms with Crippen molar-refractivity contribution in [3.05, 3.63) is 75.9 Å². The van der Waals surface area contributed by atoms with Gasteiger partial charge in [0.05, 0.1) is 0 Å². The van der Waals surface area contributed by atoms with Gasteiger partial charge >= 0.3 is 0 Å². The summed E-state index contributed by atoms with van der Waals surface area (Å²) in [6, 6.07) is 11.9. The normalized spacial score (nSPS) is 17.9. The Kier molecular flexibility index (Phi) is 5.95. The number of halogens is 1. The van der Waals surface area contributed by atoms with Crippen molar-refractivity contribution in [2.75, 3.05) is 13.1 Å². The number of pyridine rings is 1. The second-order valence-corrected chi connectivity index (χ2v) is 10.1. The second-order valence-electron chi connectivity index (χ2n) is 7.75. The van der Waals surface area contributed by atoms with Crippen molar-refractivity contribution in [2.45, 2.75) is 43.9 Å². The fraction of sp³-hybridized carbons (Fsp3) is 0.364. The summed E-state index contributed by atoms with van der Waals surface area (Å²) < 4.78 is 32.9. The quantitative estimate of drug-likeness (QED) is 0.577. The van der Waals surface area contributed by atoms with Crippen LogP contribution in [0.1, 0.15) is 47.0 Å². The van der Waals surface area contributed by atoms with Gasteiger partial charge in [-0.15, -0.1) is 0 Å². The highest BCUT2D eigenvalue weighted by atomic mass is 35.5. The Morgan fingerprint density at radius 3 is 2.50 bits per heavy atom. The fourth-order valence-electron chi connectivity index (χ4n) is 3.99. The zero-order valence-electron chi connectivity index (χ0n) is 17.0. The van der Waals surface area contributed by atoms with Crippen LogP contribution in [0.15, 0.2) is 52.0 Å². The monoisotopic (exact) mass is 445 g/mol. The molecule has 3 heterocycles. The van der Waals surface area contributed by atoms with E-state index in [1.165, 1.54) is 9.87 Å². The molecule has 2 aromatic heterocycles. The summed E-state index contributed by atoms with van der Waals surface area (Å²) >= 11 is 5.95. The third-order valence-corrected chi connectivity index (χ3v) is 7.90. The zero-order valence-corrected chi connectivity index (χ0v) is 18.6. The zero-order chi connectivity index (χ0) is 21.3. The maximum atomic E-state index is 13.1. The molecule has 0 unspecified atom stereocenters. The highest BCUT2D eigenvalue weighted by Gasteiger charge is 2.35. The molecule has 4 rings (SSSR count). The van der Waals surface area contributed by atoms with E-state index in [-0.39, 0.29) is 10.8 Å². The van der Waals surface area contributed by atoms with Gasteiger partial charge in [-0.3, -0.25) is 4.98 Å². The average molecular weight is 446 g/mol. The van der Waals surface area contributed by atoms with Gasteiger partial charge in [0.1, 0.15) is 10.6 Å².